The van der Waals surface area contributed by atoms with Crippen LogP contribution in [0.15, 0.2) is 58.9 Å². The van der Waals surface area contributed by atoms with Crippen molar-refractivity contribution >= 4 is 23.2 Å². The molecule has 0 saturated heterocycles. The van der Waals surface area contributed by atoms with Crippen LogP contribution in [0.5, 0.6) is 0 Å². The fourth-order valence-electron chi connectivity index (χ4n) is 4.42. The third-order valence-electron chi connectivity index (χ3n) is 6.46. The van der Waals surface area contributed by atoms with Crippen molar-refractivity contribution in [3.63, 3.8) is 0 Å². The van der Waals surface area contributed by atoms with Crippen LogP contribution >= 0.6 is 0 Å². The van der Waals surface area contributed by atoms with E-state index < -0.39 is 17.6 Å². The second-order valence-corrected chi connectivity index (χ2v) is 9.15. The first-order valence-corrected chi connectivity index (χ1v) is 11.4. The van der Waals surface area contributed by atoms with E-state index in [1.54, 1.807) is 47.4 Å². The summed E-state index contributed by atoms with van der Waals surface area (Å²) in [4.78, 5) is 16.8. The van der Waals surface area contributed by atoms with E-state index in [9.17, 15) is 17.6 Å². The summed E-state index contributed by atoms with van der Waals surface area (Å²) in [5.41, 5.74) is 2.52. The molecular formula is C25H21F4N7. The van der Waals surface area contributed by atoms with Crippen molar-refractivity contribution in [1.82, 2.24) is 15.0 Å². The lowest BCUT2D eigenvalue weighted by Gasteiger charge is -2.31. The first-order valence-electron chi connectivity index (χ1n) is 11.4. The summed E-state index contributed by atoms with van der Waals surface area (Å²) >= 11 is 0. The number of fused-ring (bicyclic) bond motifs is 3. The molecule has 0 spiro atoms. The molecule has 1 saturated carbocycles. The Hall–Kier alpha value is -4.02. The van der Waals surface area contributed by atoms with E-state index in [0.717, 1.165) is 30.7 Å². The maximum absolute atomic E-state index is 14.7. The summed E-state index contributed by atoms with van der Waals surface area (Å²) in [6.45, 7) is 0.268. The summed E-state index contributed by atoms with van der Waals surface area (Å²) in [6.07, 6.45) is 1.08. The molecule has 3 aliphatic rings. The van der Waals surface area contributed by atoms with Crippen LogP contribution in [0.2, 0.25) is 0 Å². The highest BCUT2D eigenvalue weighted by atomic mass is 19.4. The normalized spacial score (nSPS) is 16.9. The summed E-state index contributed by atoms with van der Waals surface area (Å²) in [5.74, 6) is 0.603. The lowest BCUT2D eigenvalue weighted by atomic mass is 10.0. The van der Waals surface area contributed by atoms with Crippen LogP contribution < -0.4 is 9.80 Å². The third-order valence-corrected chi connectivity index (χ3v) is 6.46. The van der Waals surface area contributed by atoms with Gasteiger partial charge in [0.2, 0.25) is 0 Å². The number of amidine groups is 1. The van der Waals surface area contributed by atoms with Crippen LogP contribution in [0.3, 0.4) is 0 Å². The zero-order valence-corrected chi connectivity index (χ0v) is 19.5. The summed E-state index contributed by atoms with van der Waals surface area (Å²) < 4.78 is 55.1. The molecule has 1 aromatic heterocycles. The number of nitrogens with zero attached hydrogens (tertiary/aromatic N) is 7. The van der Waals surface area contributed by atoms with Gasteiger partial charge >= 0.3 is 6.18 Å². The van der Waals surface area contributed by atoms with Gasteiger partial charge in [-0.05, 0) is 49.2 Å². The quantitative estimate of drug-likeness (QED) is 0.476. The minimum Gasteiger partial charge on any atom is -0.329 e. The number of anilines is 2. The molecule has 36 heavy (non-hydrogen) atoms. The fourth-order valence-corrected chi connectivity index (χ4v) is 4.42. The van der Waals surface area contributed by atoms with Gasteiger partial charge in [-0.1, -0.05) is 0 Å². The van der Waals surface area contributed by atoms with E-state index in [4.69, 9.17) is 0 Å². The number of hydrazone groups is 1. The van der Waals surface area contributed by atoms with Crippen molar-refractivity contribution in [3.05, 3.63) is 71.4 Å². The van der Waals surface area contributed by atoms with Crippen LogP contribution in [0.4, 0.5) is 28.9 Å². The van der Waals surface area contributed by atoms with E-state index >= 15 is 0 Å². The van der Waals surface area contributed by atoms with Crippen LogP contribution in [0, 0.1) is 5.82 Å². The Balaban J connectivity index is 1.40. The van der Waals surface area contributed by atoms with Gasteiger partial charge in [0.1, 0.15) is 18.3 Å². The largest absolute Gasteiger partial charge is 0.416 e. The molecule has 3 heterocycles. The average Bonchev–Trinajstić information content (AvgIpc) is 3.63. The van der Waals surface area contributed by atoms with Gasteiger partial charge in [0.25, 0.3) is 5.96 Å². The van der Waals surface area contributed by atoms with Gasteiger partial charge in [-0.2, -0.15) is 18.2 Å². The molecular weight excluding hydrogens is 474 g/mol. The molecule has 1 fully saturated rings. The number of aliphatic imine (C=N–C) groups is 1. The van der Waals surface area contributed by atoms with Gasteiger partial charge in [-0.3, -0.25) is 19.9 Å². The number of hydrogen-bond acceptors (Lipinski definition) is 7. The van der Waals surface area contributed by atoms with Crippen LogP contribution in [-0.2, 0) is 6.18 Å². The zero-order valence-electron chi connectivity index (χ0n) is 19.5. The number of rotatable bonds is 3. The molecule has 0 atom stereocenters. The minimum atomic E-state index is -4.49. The second kappa shape index (κ2) is 8.00. The zero-order chi connectivity index (χ0) is 25.2. The Morgan fingerprint density at radius 2 is 1.83 bits per heavy atom. The Morgan fingerprint density at radius 3 is 2.53 bits per heavy atom. The molecule has 0 bridgehead atoms. The van der Waals surface area contributed by atoms with Crippen LogP contribution in [0.25, 0.3) is 11.3 Å². The maximum atomic E-state index is 14.7. The lowest BCUT2D eigenvalue weighted by molar-refractivity contribution is -0.137. The van der Waals surface area contributed by atoms with Gasteiger partial charge in [-0.25, -0.2) is 4.39 Å². The lowest BCUT2D eigenvalue weighted by Crippen LogP contribution is -2.39. The molecule has 11 heteroatoms. The molecule has 0 radical (unpaired) electrons. The molecule has 184 valence electrons. The Bertz CT molecular complexity index is 1410. The first kappa shape index (κ1) is 22.4. The summed E-state index contributed by atoms with van der Waals surface area (Å²) in [5, 5.41) is 5.92. The maximum Gasteiger partial charge on any atom is 0.416 e. The number of benzene rings is 2. The van der Waals surface area contributed by atoms with Gasteiger partial charge in [-0.15, -0.1) is 5.10 Å². The average molecular weight is 495 g/mol. The molecule has 3 aromatic rings. The molecule has 2 aromatic carbocycles. The van der Waals surface area contributed by atoms with Crippen molar-refractivity contribution in [1.29, 1.82) is 0 Å². The smallest absolute Gasteiger partial charge is 0.329 e. The van der Waals surface area contributed by atoms with Gasteiger partial charge < -0.3 is 4.90 Å². The highest BCUT2D eigenvalue weighted by Gasteiger charge is 2.36. The monoisotopic (exact) mass is 495 g/mol. The van der Waals surface area contributed by atoms with E-state index in [-0.39, 0.29) is 12.6 Å². The van der Waals surface area contributed by atoms with E-state index in [0.29, 0.717) is 39.9 Å². The van der Waals surface area contributed by atoms with Crippen LogP contribution in [0.1, 0.15) is 35.6 Å². The van der Waals surface area contributed by atoms with Crippen molar-refractivity contribution in [2.75, 3.05) is 30.6 Å². The highest BCUT2D eigenvalue weighted by molar-refractivity contribution is 6.23. The molecule has 7 nitrogen and oxygen atoms in total. The minimum absolute atomic E-state index is 0.268. The predicted molar refractivity (Wildman–Crippen MR) is 128 cm³/mol. The predicted octanol–water partition coefficient (Wildman–Crippen LogP) is 5.06. The SMILES string of the molecule is CN1CN2C(=N1)N=C(N(C)c1cc(F)cc(-c3cnc(C4CC4)cn3)c1)c1ccc(C(F)(F)F)cc12. The van der Waals surface area contributed by atoms with E-state index in [2.05, 4.69) is 20.1 Å². The van der Waals surface area contributed by atoms with E-state index in [1.165, 1.54) is 18.2 Å². The number of aromatic nitrogens is 2. The molecule has 6 rings (SSSR count). The van der Waals surface area contributed by atoms with Crippen molar-refractivity contribution < 1.29 is 17.6 Å². The summed E-state index contributed by atoms with van der Waals surface area (Å²) in [7, 11) is 3.40. The first-order chi connectivity index (χ1) is 17.2. The third kappa shape index (κ3) is 3.94. The van der Waals surface area contributed by atoms with Crippen LogP contribution in [-0.4, -0.2) is 47.5 Å². The van der Waals surface area contributed by atoms with Crippen molar-refractivity contribution in [2.24, 2.45) is 10.1 Å². The summed E-state index contributed by atoms with van der Waals surface area (Å²) in [6, 6.07) is 7.99. The molecule has 0 amide bonds. The Labute approximate surface area is 204 Å². The van der Waals surface area contributed by atoms with Gasteiger partial charge in [0, 0.05) is 43.0 Å². The molecule has 1 aliphatic carbocycles. The highest BCUT2D eigenvalue weighted by Crippen LogP contribution is 2.39. The second-order valence-electron chi connectivity index (χ2n) is 9.15. The fraction of sp³-hybridized carbons (Fsp3) is 0.280. The van der Waals surface area contributed by atoms with Gasteiger partial charge in [0.15, 0.2) is 0 Å². The molecule has 0 unspecified atom stereocenters. The Kier molecular flexibility index (Phi) is 4.99. The van der Waals surface area contributed by atoms with Crippen molar-refractivity contribution in [3.8, 4) is 11.3 Å². The van der Waals surface area contributed by atoms with E-state index in [1.807, 2.05) is 0 Å². The molecule has 0 N–H and O–H groups in total. The number of hydrogen-bond donors (Lipinski definition) is 0. The number of halogens is 4. The van der Waals surface area contributed by atoms with Crippen molar-refractivity contribution in [2.45, 2.75) is 24.9 Å². The standard InChI is InChI=1S/C25H21F4N7/c1-34-13-36-22-9-16(25(27,28)29)5-6-19(22)23(32-24(36)33-34)35(2)18-8-15(7-17(26)10-18)21-12-30-20(11-31-21)14-3-4-14/h5-12,14H,3-4,13H2,1-2H3. The number of alkyl halides is 3. The Morgan fingerprint density at radius 1 is 1.03 bits per heavy atom. The molecule has 2 aliphatic heterocycles. The topological polar surface area (TPSA) is 60.2 Å². The van der Waals surface area contributed by atoms with Gasteiger partial charge in [0.05, 0.1) is 28.8 Å². The number of guanidine groups is 1.